The van der Waals surface area contributed by atoms with Crippen molar-refractivity contribution in [2.75, 3.05) is 26.8 Å². The highest BCUT2D eigenvalue weighted by Gasteiger charge is 2.32. The number of fused-ring (bicyclic) bond motifs is 1. The largest absolute Gasteiger partial charge is 0.503 e. The maximum absolute atomic E-state index is 14.2. The normalized spacial score (nSPS) is 18.6. The number of aryl methyl sites for hydroxylation is 1. The number of ether oxygens (including phenoxy) is 2. The lowest BCUT2D eigenvalue weighted by Crippen LogP contribution is -2.33. The quantitative estimate of drug-likeness (QED) is 0.303. The predicted octanol–water partition coefficient (Wildman–Crippen LogP) is 6.31. The van der Waals surface area contributed by atoms with E-state index in [1.807, 2.05) is 24.3 Å². The van der Waals surface area contributed by atoms with Gasteiger partial charge in [0.25, 0.3) is 0 Å². The predicted molar refractivity (Wildman–Crippen MR) is 155 cm³/mol. The molecule has 1 saturated carbocycles. The van der Waals surface area contributed by atoms with E-state index >= 15 is 0 Å². The summed E-state index contributed by atoms with van der Waals surface area (Å²) < 4.78 is 25.7. The van der Waals surface area contributed by atoms with Crippen LogP contribution < -0.4 is 9.47 Å². The van der Waals surface area contributed by atoms with Crippen LogP contribution in [-0.2, 0) is 22.6 Å². The van der Waals surface area contributed by atoms with E-state index in [-0.39, 0.29) is 54.7 Å². The minimum absolute atomic E-state index is 0.142. The summed E-state index contributed by atoms with van der Waals surface area (Å²) in [6.07, 6.45) is 6.91. The lowest BCUT2D eigenvalue weighted by molar-refractivity contribution is -0.138. The van der Waals surface area contributed by atoms with E-state index in [4.69, 9.17) is 36.1 Å². The van der Waals surface area contributed by atoms with E-state index in [0.29, 0.717) is 17.4 Å². The first-order valence-electron chi connectivity index (χ1n) is 14.4. The molecule has 42 heavy (non-hydrogen) atoms. The van der Waals surface area contributed by atoms with Gasteiger partial charge in [-0.2, -0.15) is 0 Å². The smallest absolute Gasteiger partial charge is 0.493 e. The van der Waals surface area contributed by atoms with Gasteiger partial charge in [0.1, 0.15) is 12.4 Å². The Labute approximate surface area is 250 Å². The molecule has 1 unspecified atom stereocenters. The highest BCUT2D eigenvalue weighted by Crippen LogP contribution is 2.41. The van der Waals surface area contributed by atoms with Gasteiger partial charge in [0.2, 0.25) is 11.8 Å². The van der Waals surface area contributed by atoms with Gasteiger partial charge >= 0.3 is 6.16 Å². The van der Waals surface area contributed by atoms with Gasteiger partial charge in [0.15, 0.2) is 11.5 Å². The van der Waals surface area contributed by atoms with Crippen molar-refractivity contribution in [2.24, 2.45) is 5.92 Å². The average molecular weight is 605 g/mol. The van der Waals surface area contributed by atoms with Gasteiger partial charge in [-0.05, 0) is 72.6 Å². The molecule has 1 saturated heterocycles. The van der Waals surface area contributed by atoms with Gasteiger partial charge in [-0.15, -0.1) is 0 Å². The molecule has 5 rings (SSSR count). The summed E-state index contributed by atoms with van der Waals surface area (Å²) in [5, 5.41) is 14.1. The third-order valence-corrected chi connectivity index (χ3v) is 8.52. The van der Waals surface area contributed by atoms with Crippen LogP contribution >= 0.6 is 11.6 Å². The number of amides is 2. The van der Waals surface area contributed by atoms with Crippen molar-refractivity contribution in [3.8, 4) is 11.5 Å². The summed E-state index contributed by atoms with van der Waals surface area (Å²) in [4.78, 5) is 36.1. The Morgan fingerprint density at radius 3 is 2.38 bits per heavy atom. The van der Waals surface area contributed by atoms with E-state index in [1.54, 1.807) is 13.2 Å². The highest BCUT2D eigenvalue weighted by atomic mass is 35.5. The van der Waals surface area contributed by atoms with Crippen LogP contribution in [0.15, 0.2) is 30.3 Å². The molecule has 2 fully saturated rings. The molecular formula is C31H38ClFN2O7. The van der Waals surface area contributed by atoms with Crippen molar-refractivity contribution >= 4 is 29.6 Å². The Morgan fingerprint density at radius 2 is 1.71 bits per heavy atom. The maximum atomic E-state index is 14.2. The van der Waals surface area contributed by atoms with E-state index in [0.717, 1.165) is 42.6 Å². The van der Waals surface area contributed by atoms with E-state index < -0.39 is 6.16 Å². The standard InChI is InChI=1S/C30H36ClFN2O4.CH2O3/c1-37-28-15-21(7-10-27(28)38-14-13-34-29(35)11-12-30(34)36)19-33(18-20-5-3-2-4-6-20)26-9-8-22-16-25(32)24(31)17-23(22)26;2-1(3)4/h7,10,15-17,20,26H,2-6,8-9,11-14,18-19H2,1H3;(H2,2,3,4). The topological polar surface area (TPSA) is 117 Å². The molecule has 1 atom stereocenters. The first-order valence-corrected chi connectivity index (χ1v) is 14.8. The van der Waals surface area contributed by atoms with Crippen LogP contribution in [0.25, 0.3) is 0 Å². The number of carbonyl (C=O) groups excluding carboxylic acids is 2. The molecule has 1 aliphatic heterocycles. The molecule has 0 bridgehead atoms. The third-order valence-electron chi connectivity index (χ3n) is 8.23. The average Bonchev–Trinajstić information content (AvgIpc) is 3.51. The fourth-order valence-electron chi connectivity index (χ4n) is 6.24. The number of rotatable bonds is 10. The number of carbonyl (C=O) groups is 3. The number of halogens is 2. The van der Waals surface area contributed by atoms with Crippen LogP contribution in [0.1, 0.15) is 74.1 Å². The molecule has 2 N–H and O–H groups in total. The van der Waals surface area contributed by atoms with Gasteiger partial charge in [0, 0.05) is 32.0 Å². The lowest BCUT2D eigenvalue weighted by atomic mass is 9.88. The Balaban J connectivity index is 0.000000952. The second-order valence-corrected chi connectivity index (χ2v) is 11.4. The second-order valence-electron chi connectivity index (χ2n) is 11.0. The van der Waals surface area contributed by atoms with Crippen LogP contribution in [0, 0.1) is 11.7 Å². The number of hydrogen-bond donors (Lipinski definition) is 2. The van der Waals surface area contributed by atoms with Crippen molar-refractivity contribution in [2.45, 2.75) is 70.4 Å². The van der Waals surface area contributed by atoms with Gasteiger partial charge < -0.3 is 19.7 Å². The molecule has 11 heteroatoms. The zero-order valence-electron chi connectivity index (χ0n) is 23.8. The summed E-state index contributed by atoms with van der Waals surface area (Å²) in [6, 6.07) is 9.58. The number of hydrogen-bond acceptors (Lipinski definition) is 6. The van der Waals surface area contributed by atoms with Gasteiger partial charge in [-0.3, -0.25) is 19.4 Å². The summed E-state index contributed by atoms with van der Waals surface area (Å²) in [6.45, 7) is 2.19. The zero-order valence-corrected chi connectivity index (χ0v) is 24.6. The zero-order chi connectivity index (χ0) is 30.2. The molecule has 2 aromatic carbocycles. The lowest BCUT2D eigenvalue weighted by Gasteiger charge is -2.34. The van der Waals surface area contributed by atoms with Crippen molar-refractivity contribution in [3.05, 3.63) is 57.9 Å². The van der Waals surface area contributed by atoms with Crippen molar-refractivity contribution in [3.63, 3.8) is 0 Å². The first-order chi connectivity index (χ1) is 20.2. The third kappa shape index (κ3) is 8.13. The van der Waals surface area contributed by atoms with Gasteiger partial charge in [-0.1, -0.05) is 36.9 Å². The Morgan fingerprint density at radius 1 is 1.02 bits per heavy atom. The molecule has 228 valence electrons. The SMILES string of the molecule is COc1cc(CN(CC2CCCCC2)C2CCc3cc(F)c(Cl)cc32)ccc1OCCN1C(=O)CCC1=O.O=C(O)O. The number of imide groups is 1. The minimum atomic E-state index is -1.83. The Bertz CT molecular complexity index is 1260. The maximum Gasteiger partial charge on any atom is 0.503 e. The molecule has 0 spiro atoms. The first kappa shape index (κ1) is 31.6. The molecule has 1 heterocycles. The van der Waals surface area contributed by atoms with Crippen LogP contribution in [0.3, 0.4) is 0 Å². The van der Waals surface area contributed by atoms with Crippen LogP contribution in [0.4, 0.5) is 9.18 Å². The summed E-state index contributed by atoms with van der Waals surface area (Å²) in [7, 11) is 1.61. The van der Waals surface area contributed by atoms with E-state index in [9.17, 15) is 14.0 Å². The Hall–Kier alpha value is -3.37. The molecule has 0 radical (unpaired) electrons. The van der Waals surface area contributed by atoms with Crippen LogP contribution in [-0.4, -0.2) is 64.8 Å². The molecule has 9 nitrogen and oxygen atoms in total. The van der Waals surface area contributed by atoms with E-state index in [1.165, 1.54) is 37.0 Å². The second kappa shape index (κ2) is 14.7. The molecule has 2 aliphatic carbocycles. The number of benzene rings is 2. The fourth-order valence-corrected chi connectivity index (χ4v) is 6.42. The summed E-state index contributed by atoms with van der Waals surface area (Å²) >= 11 is 6.21. The van der Waals surface area contributed by atoms with Crippen LogP contribution in [0.2, 0.25) is 5.02 Å². The molecular weight excluding hydrogens is 567 g/mol. The monoisotopic (exact) mass is 604 g/mol. The number of carboxylic acid groups (broad SMARTS) is 2. The highest BCUT2D eigenvalue weighted by molar-refractivity contribution is 6.30. The van der Waals surface area contributed by atoms with Crippen molar-refractivity contribution in [1.82, 2.24) is 9.80 Å². The molecule has 2 amide bonds. The number of methoxy groups -OCH3 is 1. The van der Waals surface area contributed by atoms with Crippen molar-refractivity contribution in [1.29, 1.82) is 0 Å². The fraction of sp³-hybridized carbons (Fsp3) is 0.516. The Kier molecular flexibility index (Phi) is 11.0. The molecule has 3 aliphatic rings. The van der Waals surface area contributed by atoms with Crippen LogP contribution in [0.5, 0.6) is 11.5 Å². The molecule has 2 aromatic rings. The van der Waals surface area contributed by atoms with E-state index in [2.05, 4.69) is 4.90 Å². The summed E-state index contributed by atoms with van der Waals surface area (Å²) in [5.41, 5.74) is 3.31. The molecule has 0 aromatic heterocycles. The summed E-state index contributed by atoms with van der Waals surface area (Å²) in [5.74, 6) is 1.24. The van der Waals surface area contributed by atoms with Gasteiger partial charge in [0.05, 0.1) is 18.7 Å². The number of likely N-dealkylation sites (tertiary alicyclic amines) is 1. The van der Waals surface area contributed by atoms with Gasteiger partial charge in [-0.25, -0.2) is 9.18 Å². The minimum Gasteiger partial charge on any atom is -0.493 e. The number of nitrogens with zero attached hydrogens (tertiary/aromatic N) is 2. The van der Waals surface area contributed by atoms with Crippen molar-refractivity contribution < 1.29 is 38.5 Å².